The number of rotatable bonds is 6. The van der Waals surface area contributed by atoms with Crippen LogP contribution in [-0.4, -0.2) is 50.0 Å². The molecule has 0 saturated carbocycles. The zero-order valence-electron chi connectivity index (χ0n) is 15.7. The molecule has 0 atom stereocenters. The Morgan fingerprint density at radius 3 is 2.59 bits per heavy atom. The topological polar surface area (TPSA) is 70.6 Å². The van der Waals surface area contributed by atoms with Crippen molar-refractivity contribution < 1.29 is 19.7 Å². The van der Waals surface area contributed by atoms with Crippen LogP contribution < -0.4 is 15.2 Å². The van der Waals surface area contributed by atoms with Crippen molar-refractivity contribution in [3.63, 3.8) is 0 Å². The molecule has 1 fully saturated rings. The lowest BCUT2D eigenvalue weighted by molar-refractivity contribution is -1.02. The molecule has 0 unspecified atom stereocenters. The molecule has 0 aromatic heterocycles. The molecule has 0 aliphatic carbocycles. The lowest BCUT2D eigenvalue weighted by Crippen LogP contribution is -3.28. The number of amides is 1. The summed E-state index contributed by atoms with van der Waals surface area (Å²) in [6.07, 6.45) is 1.43. The van der Waals surface area contributed by atoms with Crippen LogP contribution in [0.25, 0.3) is 0 Å². The molecule has 3 rings (SSSR count). The van der Waals surface area contributed by atoms with Gasteiger partial charge in [0.15, 0.2) is 6.54 Å². The fraction of sp³-hybridized carbons (Fsp3) is 0.300. The first-order valence-electron chi connectivity index (χ1n) is 9.33. The average Bonchev–Trinajstić information content (AvgIpc) is 2.69. The molecule has 4 N–H and O–H groups in total. The molecule has 1 amide bonds. The summed E-state index contributed by atoms with van der Waals surface area (Å²) < 4.78 is 1.36. The number of benzene rings is 2. The first kappa shape index (κ1) is 22.2. The van der Waals surface area contributed by atoms with E-state index in [2.05, 4.69) is 48.5 Å². The van der Waals surface area contributed by atoms with Crippen LogP contribution in [0.5, 0.6) is 5.75 Å². The Hall–Kier alpha value is -1.45. The van der Waals surface area contributed by atoms with Crippen LogP contribution in [0.4, 0.5) is 0 Å². The lowest BCUT2D eigenvalue weighted by Gasteiger charge is -2.29. The highest BCUT2D eigenvalue weighted by molar-refractivity contribution is 9.11. The fourth-order valence-electron chi connectivity index (χ4n) is 3.35. The smallest absolute Gasteiger partial charge is 0.295 e. The van der Waals surface area contributed by atoms with Crippen molar-refractivity contribution in [2.75, 3.05) is 32.7 Å². The Morgan fingerprint density at radius 2 is 1.86 bits per heavy atom. The van der Waals surface area contributed by atoms with E-state index in [9.17, 15) is 9.90 Å². The monoisotopic (exact) mass is 544 g/mol. The molecule has 2 aromatic carbocycles. The third-order valence-corrected chi connectivity index (χ3v) is 6.35. The number of halogens is 3. The van der Waals surface area contributed by atoms with Gasteiger partial charge < -0.3 is 14.9 Å². The van der Waals surface area contributed by atoms with E-state index in [4.69, 9.17) is 11.6 Å². The second-order valence-electron chi connectivity index (χ2n) is 7.06. The first-order chi connectivity index (χ1) is 13.9. The summed E-state index contributed by atoms with van der Waals surface area (Å²) in [6, 6.07) is 11.4. The predicted octanol–water partition coefficient (Wildman–Crippen LogP) is 1.00. The fourth-order valence-corrected chi connectivity index (χ4v) is 4.81. The van der Waals surface area contributed by atoms with E-state index in [0.717, 1.165) is 42.2 Å². The number of hydrogen-bond acceptors (Lipinski definition) is 3. The maximum atomic E-state index is 12.2. The zero-order chi connectivity index (χ0) is 20.8. The Balaban J connectivity index is 1.44. The lowest BCUT2D eigenvalue weighted by atomic mass is 10.2. The van der Waals surface area contributed by atoms with Gasteiger partial charge in [-0.15, -0.1) is 0 Å². The molecule has 29 heavy (non-hydrogen) atoms. The number of quaternary nitrogens is 2. The summed E-state index contributed by atoms with van der Waals surface area (Å²) >= 11 is 12.9. The third-order valence-electron chi connectivity index (χ3n) is 4.92. The van der Waals surface area contributed by atoms with E-state index < -0.39 is 0 Å². The quantitative estimate of drug-likeness (QED) is 0.323. The second-order valence-corrected chi connectivity index (χ2v) is 9.24. The summed E-state index contributed by atoms with van der Waals surface area (Å²) in [5.74, 6) is -0.0613. The van der Waals surface area contributed by atoms with Crippen LogP contribution >= 0.6 is 43.5 Å². The average molecular weight is 547 g/mol. The molecule has 6 nitrogen and oxygen atoms in total. The Kier molecular flexibility index (Phi) is 8.08. The SMILES string of the molecule is O=C(C[NH+]1CC[NH+](Cc2ccccc2Cl)CC1)N/N=C/c1cc(Br)cc(Br)c1O. The number of phenolic OH excluding ortho intramolecular Hbond substituents is 1. The van der Waals surface area contributed by atoms with Gasteiger partial charge in [-0.1, -0.05) is 45.7 Å². The number of hydrogen-bond donors (Lipinski definition) is 4. The summed E-state index contributed by atoms with van der Waals surface area (Å²) in [7, 11) is 0. The summed E-state index contributed by atoms with van der Waals surface area (Å²) in [4.78, 5) is 14.9. The van der Waals surface area contributed by atoms with Crippen LogP contribution in [0.3, 0.4) is 0 Å². The number of piperazine rings is 1. The van der Waals surface area contributed by atoms with E-state index in [1.54, 1.807) is 12.1 Å². The van der Waals surface area contributed by atoms with Gasteiger partial charge in [0.05, 0.1) is 10.7 Å². The number of carbonyl (C=O) groups is 1. The number of carbonyl (C=O) groups excluding carboxylic acids is 1. The van der Waals surface area contributed by atoms with Crippen molar-refractivity contribution in [1.29, 1.82) is 0 Å². The van der Waals surface area contributed by atoms with Crippen LogP contribution in [0.1, 0.15) is 11.1 Å². The van der Waals surface area contributed by atoms with Gasteiger partial charge in [0, 0.05) is 20.6 Å². The summed E-state index contributed by atoms with van der Waals surface area (Å²) in [5.41, 5.74) is 4.23. The molecular formula is C20H23Br2ClN4O2+2. The molecule has 2 aromatic rings. The van der Waals surface area contributed by atoms with E-state index in [1.165, 1.54) is 21.6 Å². The van der Waals surface area contributed by atoms with Crippen LogP contribution in [0.15, 0.2) is 50.4 Å². The third kappa shape index (κ3) is 6.52. The van der Waals surface area contributed by atoms with Crippen molar-refractivity contribution in [3.8, 4) is 5.75 Å². The van der Waals surface area contributed by atoms with Gasteiger partial charge in [-0.3, -0.25) is 4.79 Å². The maximum absolute atomic E-state index is 12.2. The molecule has 1 heterocycles. The van der Waals surface area contributed by atoms with Gasteiger partial charge in [0.2, 0.25) is 0 Å². The van der Waals surface area contributed by atoms with E-state index >= 15 is 0 Å². The molecule has 1 aliphatic rings. The van der Waals surface area contributed by atoms with E-state index in [-0.39, 0.29) is 11.7 Å². The minimum atomic E-state index is -0.139. The number of nitrogens with one attached hydrogen (secondary N) is 3. The highest BCUT2D eigenvalue weighted by Gasteiger charge is 2.25. The molecule has 0 radical (unpaired) electrons. The largest absolute Gasteiger partial charge is 0.506 e. The van der Waals surface area contributed by atoms with Gasteiger partial charge in [-0.25, -0.2) is 5.43 Å². The van der Waals surface area contributed by atoms with Gasteiger partial charge in [0.25, 0.3) is 5.91 Å². The Morgan fingerprint density at radius 1 is 1.17 bits per heavy atom. The number of aromatic hydroxyl groups is 1. The minimum absolute atomic E-state index is 0.0782. The maximum Gasteiger partial charge on any atom is 0.295 e. The van der Waals surface area contributed by atoms with Gasteiger partial charge in [0.1, 0.15) is 38.5 Å². The van der Waals surface area contributed by atoms with Crippen LogP contribution in [0.2, 0.25) is 5.02 Å². The normalized spacial score (nSPS) is 19.4. The van der Waals surface area contributed by atoms with Gasteiger partial charge in [-0.05, 0) is 34.1 Å². The first-order valence-corrected chi connectivity index (χ1v) is 11.3. The van der Waals surface area contributed by atoms with Gasteiger partial charge in [-0.2, -0.15) is 5.10 Å². The molecule has 0 bridgehead atoms. The molecule has 154 valence electrons. The number of hydrazone groups is 1. The van der Waals surface area contributed by atoms with Crippen molar-refractivity contribution in [3.05, 3.63) is 61.5 Å². The predicted molar refractivity (Wildman–Crippen MR) is 121 cm³/mol. The van der Waals surface area contributed by atoms with Gasteiger partial charge >= 0.3 is 0 Å². The Labute approximate surface area is 191 Å². The van der Waals surface area contributed by atoms with Crippen molar-refractivity contribution >= 4 is 55.6 Å². The van der Waals surface area contributed by atoms with Crippen LogP contribution in [0, 0.1) is 0 Å². The number of phenols is 1. The van der Waals surface area contributed by atoms with Crippen molar-refractivity contribution in [1.82, 2.24) is 5.43 Å². The summed E-state index contributed by atoms with van der Waals surface area (Å²) in [5, 5.41) is 14.8. The molecule has 1 aliphatic heterocycles. The molecule has 1 saturated heterocycles. The highest BCUT2D eigenvalue weighted by Crippen LogP contribution is 2.30. The summed E-state index contributed by atoms with van der Waals surface area (Å²) in [6.45, 7) is 5.14. The van der Waals surface area contributed by atoms with E-state index in [0.29, 0.717) is 16.6 Å². The zero-order valence-corrected chi connectivity index (χ0v) is 19.6. The standard InChI is InChI=1S/C20H21Br2ClN4O2/c21-16-9-15(20(29)17(22)10-16)11-24-25-19(28)13-27-7-5-26(6-8-27)12-14-3-1-2-4-18(14)23/h1-4,9-11,29H,5-8,12-13H2,(H,25,28)/p+2/b24-11+. The van der Waals surface area contributed by atoms with Crippen molar-refractivity contribution in [2.45, 2.75) is 6.54 Å². The van der Waals surface area contributed by atoms with E-state index in [1.807, 2.05) is 18.2 Å². The Bertz CT molecular complexity index is 902. The second kappa shape index (κ2) is 10.5. The molecule has 9 heteroatoms. The highest BCUT2D eigenvalue weighted by atomic mass is 79.9. The van der Waals surface area contributed by atoms with Crippen LogP contribution in [-0.2, 0) is 11.3 Å². The molecule has 0 spiro atoms. The molecular weight excluding hydrogens is 524 g/mol. The number of nitrogens with zero attached hydrogens (tertiary/aromatic N) is 1. The minimum Gasteiger partial charge on any atom is -0.506 e. The van der Waals surface area contributed by atoms with Crippen molar-refractivity contribution in [2.24, 2.45) is 5.10 Å².